The van der Waals surface area contributed by atoms with Crippen molar-refractivity contribution in [1.82, 2.24) is 5.06 Å². The van der Waals surface area contributed by atoms with Gasteiger partial charge in [-0.25, -0.2) is 5.06 Å². The molecular weight excluding hydrogens is 342 g/mol. The molecule has 0 spiro atoms. The molecule has 0 heterocycles. The molecule has 0 aliphatic rings. The summed E-state index contributed by atoms with van der Waals surface area (Å²) in [5.74, 6) is 0.750. The van der Waals surface area contributed by atoms with Crippen LogP contribution >= 0.6 is 0 Å². The standard InChI is InChI=1S/C18H19NO5S/c1-3-17(19(21)12-20)18(25(22)23)15-6-4-13(5-7-15)14-8-10-16(24-2)11-9-14/h4-12,17,21H,3H2,1-2H3. The summed E-state index contributed by atoms with van der Waals surface area (Å²) >= 11 is 0. The van der Waals surface area contributed by atoms with Gasteiger partial charge in [-0.2, -0.15) is 8.42 Å². The Kier molecular flexibility index (Phi) is 6.32. The molecule has 1 N–H and O–H groups in total. The number of nitrogens with zero attached hydrogens (tertiary/aromatic N) is 1. The fraction of sp³-hybridized carbons (Fsp3) is 0.222. The monoisotopic (exact) mass is 361 g/mol. The van der Waals surface area contributed by atoms with Gasteiger partial charge in [0, 0.05) is 0 Å². The molecule has 0 fully saturated rings. The maximum Gasteiger partial charge on any atom is 0.233 e. The molecule has 7 heteroatoms. The summed E-state index contributed by atoms with van der Waals surface area (Å²) in [4.78, 5) is 10.8. The summed E-state index contributed by atoms with van der Waals surface area (Å²) in [6.45, 7) is 1.69. The van der Waals surface area contributed by atoms with Crippen molar-refractivity contribution < 1.29 is 23.2 Å². The van der Waals surface area contributed by atoms with Crippen LogP contribution in [0, 0.1) is 0 Å². The summed E-state index contributed by atoms with van der Waals surface area (Å²) in [5, 5.41) is 10.0. The predicted molar refractivity (Wildman–Crippen MR) is 95.2 cm³/mol. The van der Waals surface area contributed by atoms with E-state index in [1.54, 1.807) is 38.3 Å². The number of carbonyl (C=O) groups excluding carboxylic acids is 1. The van der Waals surface area contributed by atoms with Crippen LogP contribution in [0.5, 0.6) is 5.75 Å². The highest BCUT2D eigenvalue weighted by molar-refractivity contribution is 7.73. The van der Waals surface area contributed by atoms with Crippen LogP contribution in [-0.2, 0) is 15.1 Å². The van der Waals surface area contributed by atoms with E-state index in [9.17, 15) is 18.4 Å². The van der Waals surface area contributed by atoms with Gasteiger partial charge in [0.1, 0.15) is 10.6 Å². The lowest BCUT2D eigenvalue weighted by atomic mass is 9.99. The van der Waals surface area contributed by atoms with Crippen LogP contribution in [0.15, 0.2) is 48.5 Å². The highest BCUT2D eigenvalue weighted by Gasteiger charge is 2.23. The molecule has 0 aliphatic carbocycles. The number of hydrogen-bond donors (Lipinski definition) is 1. The molecule has 2 aromatic rings. The molecule has 1 atom stereocenters. The number of methoxy groups -OCH3 is 1. The molecular formula is C18H19NO5S. The fourth-order valence-electron chi connectivity index (χ4n) is 2.58. The molecule has 2 rings (SSSR count). The second-order valence-electron chi connectivity index (χ2n) is 5.31. The van der Waals surface area contributed by atoms with Gasteiger partial charge in [-0.05, 0) is 35.2 Å². The minimum atomic E-state index is -2.57. The Morgan fingerprint density at radius 2 is 1.64 bits per heavy atom. The normalized spacial score (nSPS) is 11.5. The summed E-state index contributed by atoms with van der Waals surface area (Å²) in [6.07, 6.45) is 0.464. The van der Waals surface area contributed by atoms with E-state index in [2.05, 4.69) is 0 Å². The summed E-state index contributed by atoms with van der Waals surface area (Å²) in [6, 6.07) is 13.5. The van der Waals surface area contributed by atoms with Crippen molar-refractivity contribution in [3.63, 3.8) is 0 Å². The van der Waals surface area contributed by atoms with Crippen molar-refractivity contribution in [2.45, 2.75) is 19.4 Å². The smallest absolute Gasteiger partial charge is 0.233 e. The van der Waals surface area contributed by atoms with Gasteiger partial charge in [0.2, 0.25) is 16.7 Å². The topological polar surface area (TPSA) is 83.9 Å². The van der Waals surface area contributed by atoms with Gasteiger partial charge < -0.3 is 4.74 Å². The fourth-order valence-corrected chi connectivity index (χ4v) is 3.40. The molecule has 0 bridgehead atoms. The Morgan fingerprint density at radius 1 is 1.12 bits per heavy atom. The van der Waals surface area contributed by atoms with Crippen molar-refractivity contribution in [3.05, 3.63) is 54.1 Å². The van der Waals surface area contributed by atoms with Crippen molar-refractivity contribution >= 4 is 21.6 Å². The summed E-state index contributed by atoms with van der Waals surface area (Å²) in [7, 11) is -0.977. The lowest BCUT2D eigenvalue weighted by Gasteiger charge is -2.21. The van der Waals surface area contributed by atoms with Crippen molar-refractivity contribution in [3.8, 4) is 16.9 Å². The average Bonchev–Trinajstić information content (AvgIpc) is 2.65. The zero-order valence-electron chi connectivity index (χ0n) is 13.9. The second-order valence-corrected chi connectivity index (χ2v) is 6.22. The number of benzene rings is 2. The average molecular weight is 361 g/mol. The molecule has 0 saturated heterocycles. The number of amides is 1. The van der Waals surface area contributed by atoms with Gasteiger partial charge in [-0.3, -0.25) is 10.0 Å². The number of hydroxylamine groups is 2. The van der Waals surface area contributed by atoms with Crippen LogP contribution in [0.4, 0.5) is 0 Å². The second kappa shape index (κ2) is 8.46. The molecule has 0 aliphatic heterocycles. The van der Waals surface area contributed by atoms with Gasteiger partial charge in [0.15, 0.2) is 0 Å². The number of ether oxygens (including phenoxy) is 1. The number of hydrogen-bond acceptors (Lipinski definition) is 5. The summed E-state index contributed by atoms with van der Waals surface area (Å²) in [5.41, 5.74) is 2.30. The first-order chi connectivity index (χ1) is 12.0. The van der Waals surface area contributed by atoms with E-state index in [1.807, 2.05) is 24.3 Å². The van der Waals surface area contributed by atoms with Crippen LogP contribution in [-0.4, -0.2) is 43.1 Å². The maximum absolute atomic E-state index is 11.6. The van der Waals surface area contributed by atoms with E-state index in [-0.39, 0.29) is 17.7 Å². The third-order valence-corrected chi connectivity index (χ3v) is 4.76. The zero-order valence-corrected chi connectivity index (χ0v) is 14.7. The first-order valence-corrected chi connectivity index (χ1v) is 8.72. The van der Waals surface area contributed by atoms with Gasteiger partial charge in [0.25, 0.3) is 0 Å². The minimum Gasteiger partial charge on any atom is -0.497 e. The highest BCUT2D eigenvalue weighted by atomic mass is 32.2. The maximum atomic E-state index is 11.6. The molecule has 0 radical (unpaired) electrons. The first-order valence-electron chi connectivity index (χ1n) is 7.65. The number of carbonyl (C=O) groups is 1. The third kappa shape index (κ3) is 4.26. The highest BCUT2D eigenvalue weighted by Crippen LogP contribution is 2.23. The third-order valence-electron chi connectivity index (χ3n) is 3.89. The van der Waals surface area contributed by atoms with Crippen molar-refractivity contribution in [1.29, 1.82) is 0 Å². The molecule has 2 aromatic carbocycles. The Balaban J connectivity index is 2.39. The largest absolute Gasteiger partial charge is 0.497 e. The zero-order chi connectivity index (χ0) is 18.4. The number of rotatable bonds is 7. The lowest BCUT2D eigenvalue weighted by molar-refractivity contribution is -0.154. The first kappa shape index (κ1) is 18.7. The lowest BCUT2D eigenvalue weighted by Crippen LogP contribution is -2.38. The van der Waals surface area contributed by atoms with E-state index in [0.717, 1.165) is 16.9 Å². The molecule has 25 heavy (non-hydrogen) atoms. The Hall–Kier alpha value is -2.64. The van der Waals surface area contributed by atoms with Crippen LogP contribution in [0.1, 0.15) is 18.9 Å². The van der Waals surface area contributed by atoms with E-state index in [4.69, 9.17) is 4.74 Å². The minimum absolute atomic E-state index is 0.0293. The van der Waals surface area contributed by atoms with E-state index in [0.29, 0.717) is 10.6 Å². The van der Waals surface area contributed by atoms with E-state index in [1.165, 1.54) is 0 Å². The predicted octanol–water partition coefficient (Wildman–Crippen LogP) is 2.39. The Bertz CT molecular complexity index is 849. The summed E-state index contributed by atoms with van der Waals surface area (Å²) < 4.78 is 28.4. The van der Waals surface area contributed by atoms with Crippen LogP contribution in [0.3, 0.4) is 0 Å². The Labute approximate surface area is 147 Å². The molecule has 1 amide bonds. The van der Waals surface area contributed by atoms with Gasteiger partial charge in [0.05, 0.1) is 13.2 Å². The SMILES string of the molecule is CCC(C(c1ccc(-c2ccc(OC)cc2)cc1)=S(=O)=O)N(O)C=O. The molecule has 1 unspecified atom stereocenters. The molecule has 0 aromatic heterocycles. The van der Waals surface area contributed by atoms with Crippen molar-refractivity contribution in [2.75, 3.05) is 7.11 Å². The van der Waals surface area contributed by atoms with Crippen LogP contribution < -0.4 is 4.74 Å². The molecule has 6 nitrogen and oxygen atoms in total. The Morgan fingerprint density at radius 3 is 2.04 bits per heavy atom. The molecule has 0 saturated carbocycles. The molecule has 132 valence electrons. The van der Waals surface area contributed by atoms with E-state index < -0.39 is 16.3 Å². The van der Waals surface area contributed by atoms with Gasteiger partial charge in [-0.1, -0.05) is 43.3 Å². The van der Waals surface area contributed by atoms with Crippen LogP contribution in [0.2, 0.25) is 0 Å². The van der Waals surface area contributed by atoms with Crippen molar-refractivity contribution in [2.24, 2.45) is 0 Å². The van der Waals surface area contributed by atoms with Gasteiger partial charge in [-0.15, -0.1) is 0 Å². The van der Waals surface area contributed by atoms with Crippen LogP contribution in [0.25, 0.3) is 11.1 Å². The van der Waals surface area contributed by atoms with Gasteiger partial charge >= 0.3 is 0 Å². The quantitative estimate of drug-likeness (QED) is 0.269. The van der Waals surface area contributed by atoms with E-state index >= 15 is 0 Å².